The average molecular weight is 305 g/mol. The fourth-order valence-corrected chi connectivity index (χ4v) is 2.64. The summed E-state index contributed by atoms with van der Waals surface area (Å²) in [6, 6.07) is 12.9. The number of nitrogen functional groups attached to an aromatic ring is 1. The Balaban J connectivity index is 2.14. The topological polar surface area (TPSA) is 105 Å². The summed E-state index contributed by atoms with van der Waals surface area (Å²) in [5.74, 6) is -0.292. The van der Waals surface area contributed by atoms with Crippen LogP contribution in [0.15, 0.2) is 63.7 Å². The van der Waals surface area contributed by atoms with E-state index in [0.29, 0.717) is 17.1 Å². The van der Waals surface area contributed by atoms with Gasteiger partial charge in [-0.05, 0) is 48.5 Å². The molecule has 110 valence electrons. The first-order valence-corrected chi connectivity index (χ1v) is 7.87. The molecule has 0 aliphatic carbocycles. The second-order valence-electron chi connectivity index (χ2n) is 4.33. The Morgan fingerprint density at radius 3 is 1.86 bits per heavy atom. The lowest BCUT2D eigenvalue weighted by Gasteiger charge is -2.02. The van der Waals surface area contributed by atoms with E-state index in [2.05, 4.69) is 10.2 Å². The number of nitrogens with two attached hydrogens (primary N) is 1. The van der Waals surface area contributed by atoms with Crippen LogP contribution in [0.3, 0.4) is 0 Å². The number of nitrogens with zero attached hydrogens (tertiary/aromatic N) is 2. The van der Waals surface area contributed by atoms with Crippen molar-refractivity contribution >= 4 is 26.9 Å². The zero-order valence-electron chi connectivity index (χ0n) is 11.2. The van der Waals surface area contributed by atoms with Crippen LogP contribution in [0, 0.1) is 0 Å². The van der Waals surface area contributed by atoms with Gasteiger partial charge in [-0.2, -0.15) is 10.2 Å². The van der Waals surface area contributed by atoms with Crippen molar-refractivity contribution in [3.8, 4) is 0 Å². The summed E-state index contributed by atoms with van der Waals surface area (Å²) in [7, 11) is -3.44. The van der Waals surface area contributed by atoms with Gasteiger partial charge in [-0.15, -0.1) is 0 Å². The molecule has 2 aromatic rings. The maximum Gasteiger partial charge on any atom is 0.180 e. The highest BCUT2D eigenvalue weighted by Gasteiger charge is 2.12. The molecule has 0 spiro atoms. The molecular weight excluding hydrogens is 290 g/mol. The van der Waals surface area contributed by atoms with Crippen molar-refractivity contribution in [3.05, 3.63) is 48.5 Å². The first kappa shape index (κ1) is 15.1. The molecule has 6 nitrogen and oxygen atoms in total. The molecule has 2 aromatic carbocycles. The summed E-state index contributed by atoms with van der Waals surface area (Å²) in [4.78, 5) is 0.156. The molecule has 0 bridgehead atoms. The zero-order chi connectivity index (χ0) is 15.3. The van der Waals surface area contributed by atoms with Crippen LogP contribution >= 0.6 is 0 Å². The number of aliphatic hydroxyl groups excluding tert-OH is 1. The fourth-order valence-electron chi connectivity index (χ4n) is 1.61. The van der Waals surface area contributed by atoms with E-state index in [1.54, 1.807) is 36.4 Å². The third-order valence-electron chi connectivity index (χ3n) is 2.73. The van der Waals surface area contributed by atoms with Crippen LogP contribution in [0.2, 0.25) is 0 Å². The van der Waals surface area contributed by atoms with Gasteiger partial charge in [0.05, 0.1) is 28.6 Å². The van der Waals surface area contributed by atoms with Gasteiger partial charge in [-0.25, -0.2) is 8.42 Å². The Morgan fingerprint density at radius 2 is 1.38 bits per heavy atom. The number of hydrogen-bond acceptors (Lipinski definition) is 6. The lowest BCUT2D eigenvalue weighted by atomic mass is 10.3. The van der Waals surface area contributed by atoms with E-state index in [1.807, 2.05) is 0 Å². The van der Waals surface area contributed by atoms with Gasteiger partial charge in [0, 0.05) is 5.69 Å². The average Bonchev–Trinajstić information content (AvgIpc) is 2.47. The van der Waals surface area contributed by atoms with E-state index in [-0.39, 0.29) is 10.6 Å². The molecule has 21 heavy (non-hydrogen) atoms. The van der Waals surface area contributed by atoms with E-state index in [9.17, 15) is 8.42 Å². The molecule has 0 amide bonds. The molecule has 0 aliphatic rings. The number of benzene rings is 2. The van der Waals surface area contributed by atoms with E-state index in [4.69, 9.17) is 10.8 Å². The van der Waals surface area contributed by atoms with Crippen molar-refractivity contribution in [3.63, 3.8) is 0 Å². The van der Waals surface area contributed by atoms with Crippen LogP contribution < -0.4 is 5.73 Å². The smallest absolute Gasteiger partial charge is 0.180 e. The molecule has 2 rings (SSSR count). The fraction of sp³-hybridized carbons (Fsp3) is 0.143. The van der Waals surface area contributed by atoms with Crippen molar-refractivity contribution in [1.29, 1.82) is 0 Å². The van der Waals surface area contributed by atoms with Gasteiger partial charge in [-0.3, -0.25) is 0 Å². The number of sulfone groups is 1. The van der Waals surface area contributed by atoms with E-state index < -0.39 is 16.4 Å². The third-order valence-corrected chi connectivity index (χ3v) is 4.44. The summed E-state index contributed by atoms with van der Waals surface area (Å²) in [6.07, 6.45) is 0. The predicted octanol–water partition coefficient (Wildman–Crippen LogP) is 2.45. The first-order chi connectivity index (χ1) is 10.0. The van der Waals surface area contributed by atoms with Gasteiger partial charge >= 0.3 is 0 Å². The minimum atomic E-state index is -3.44. The summed E-state index contributed by atoms with van der Waals surface area (Å²) in [6.45, 7) is -0.402. The van der Waals surface area contributed by atoms with Gasteiger partial charge in [-0.1, -0.05) is 0 Å². The molecule has 0 saturated carbocycles. The van der Waals surface area contributed by atoms with Crippen molar-refractivity contribution in [2.45, 2.75) is 4.90 Å². The van der Waals surface area contributed by atoms with Crippen LogP contribution in [-0.4, -0.2) is 25.9 Å². The number of rotatable bonds is 5. The lowest BCUT2D eigenvalue weighted by Crippen LogP contribution is -2.09. The van der Waals surface area contributed by atoms with Crippen LogP contribution in [0.4, 0.5) is 17.1 Å². The second kappa shape index (κ2) is 6.47. The molecule has 0 unspecified atom stereocenters. The van der Waals surface area contributed by atoms with Crippen LogP contribution in [0.1, 0.15) is 0 Å². The Hall–Kier alpha value is -2.25. The first-order valence-electron chi connectivity index (χ1n) is 6.22. The second-order valence-corrected chi connectivity index (χ2v) is 6.44. The lowest BCUT2D eigenvalue weighted by molar-refractivity contribution is 0.319. The van der Waals surface area contributed by atoms with Gasteiger partial charge in [0.15, 0.2) is 9.84 Å². The summed E-state index contributed by atoms with van der Waals surface area (Å²) in [5, 5.41) is 16.8. The van der Waals surface area contributed by atoms with E-state index in [0.717, 1.165) is 0 Å². The summed E-state index contributed by atoms with van der Waals surface area (Å²) < 4.78 is 23.5. The van der Waals surface area contributed by atoms with Crippen molar-refractivity contribution in [1.82, 2.24) is 0 Å². The van der Waals surface area contributed by atoms with E-state index >= 15 is 0 Å². The highest BCUT2D eigenvalue weighted by atomic mass is 32.2. The van der Waals surface area contributed by atoms with Gasteiger partial charge < -0.3 is 10.8 Å². The molecule has 0 saturated heterocycles. The number of aliphatic hydroxyl groups is 1. The maximum atomic E-state index is 11.7. The molecule has 0 aromatic heterocycles. The summed E-state index contributed by atoms with van der Waals surface area (Å²) in [5.41, 5.74) is 7.41. The monoisotopic (exact) mass is 305 g/mol. The zero-order valence-corrected chi connectivity index (χ0v) is 12.0. The molecule has 0 aliphatic heterocycles. The Morgan fingerprint density at radius 1 is 0.905 bits per heavy atom. The predicted molar refractivity (Wildman–Crippen MR) is 80.6 cm³/mol. The Labute approximate surface area is 122 Å². The third kappa shape index (κ3) is 4.11. The molecule has 0 radical (unpaired) electrons. The minimum Gasteiger partial charge on any atom is -0.399 e. The SMILES string of the molecule is Nc1ccc(N=Nc2ccc(S(=O)(=O)CCO)cc2)cc1. The van der Waals surface area contributed by atoms with Crippen LogP contribution in [0.5, 0.6) is 0 Å². The normalized spacial score (nSPS) is 11.9. The summed E-state index contributed by atoms with van der Waals surface area (Å²) >= 11 is 0. The quantitative estimate of drug-likeness (QED) is 0.653. The molecule has 3 N–H and O–H groups in total. The van der Waals surface area contributed by atoms with Crippen LogP contribution in [0.25, 0.3) is 0 Å². The van der Waals surface area contributed by atoms with Crippen molar-refractivity contribution in [2.24, 2.45) is 10.2 Å². The minimum absolute atomic E-state index is 0.156. The Kier molecular flexibility index (Phi) is 4.66. The highest BCUT2D eigenvalue weighted by molar-refractivity contribution is 7.91. The van der Waals surface area contributed by atoms with Crippen molar-refractivity contribution < 1.29 is 13.5 Å². The standard InChI is InChI=1S/C14H15N3O3S/c15-11-1-3-12(4-2-11)16-17-13-5-7-14(8-6-13)21(19,20)10-9-18/h1-8,18H,9-10,15H2. The molecule has 0 fully saturated rings. The van der Waals surface area contributed by atoms with Crippen LogP contribution in [-0.2, 0) is 9.84 Å². The largest absolute Gasteiger partial charge is 0.399 e. The molecule has 0 atom stereocenters. The highest BCUT2D eigenvalue weighted by Crippen LogP contribution is 2.21. The number of hydrogen-bond donors (Lipinski definition) is 2. The van der Waals surface area contributed by atoms with E-state index in [1.165, 1.54) is 12.1 Å². The van der Waals surface area contributed by atoms with Gasteiger partial charge in [0.1, 0.15) is 0 Å². The number of anilines is 1. The molecular formula is C14H15N3O3S. The molecule has 0 heterocycles. The maximum absolute atomic E-state index is 11.7. The van der Waals surface area contributed by atoms with Gasteiger partial charge in [0.2, 0.25) is 0 Å². The number of azo groups is 1. The Bertz CT molecular complexity index is 723. The molecule has 7 heteroatoms. The van der Waals surface area contributed by atoms with Crippen molar-refractivity contribution in [2.75, 3.05) is 18.1 Å². The van der Waals surface area contributed by atoms with Gasteiger partial charge in [0.25, 0.3) is 0 Å².